The van der Waals surface area contributed by atoms with Crippen LogP contribution in [-0.2, 0) is 14.8 Å². The zero-order chi connectivity index (χ0) is 23.0. The third kappa shape index (κ3) is 5.58. The number of fused-ring (bicyclic) bond motifs is 1. The van der Waals surface area contributed by atoms with E-state index in [4.69, 9.17) is 4.74 Å². The lowest BCUT2D eigenvalue weighted by atomic mass is 9.89. The molecule has 2 aromatic rings. The van der Waals surface area contributed by atoms with Gasteiger partial charge in [0.05, 0.1) is 18.0 Å². The van der Waals surface area contributed by atoms with E-state index in [0.29, 0.717) is 18.0 Å². The summed E-state index contributed by atoms with van der Waals surface area (Å²) in [5, 5.41) is 3.03. The maximum Gasteiger partial charge on any atom is 0.241 e. The van der Waals surface area contributed by atoms with Crippen molar-refractivity contribution in [2.45, 2.75) is 58.6 Å². The van der Waals surface area contributed by atoms with Crippen LogP contribution in [0.5, 0.6) is 5.75 Å². The van der Waals surface area contributed by atoms with Gasteiger partial charge >= 0.3 is 0 Å². The highest BCUT2D eigenvalue weighted by molar-refractivity contribution is 7.92. The van der Waals surface area contributed by atoms with Crippen molar-refractivity contribution in [3.05, 3.63) is 59.2 Å². The average molecular weight is 445 g/mol. The second kappa shape index (κ2) is 8.54. The maximum absolute atomic E-state index is 13.0. The first-order valence-electron chi connectivity index (χ1n) is 10.5. The van der Waals surface area contributed by atoms with Crippen LogP contribution >= 0.6 is 0 Å². The summed E-state index contributed by atoms with van der Waals surface area (Å²) in [4.78, 5) is 13.0. The minimum absolute atomic E-state index is 0.254. The van der Waals surface area contributed by atoms with E-state index < -0.39 is 15.6 Å². The minimum atomic E-state index is -3.63. The van der Waals surface area contributed by atoms with E-state index in [0.717, 1.165) is 33.0 Å². The zero-order valence-electron chi connectivity index (χ0n) is 19.1. The summed E-state index contributed by atoms with van der Waals surface area (Å²) < 4.78 is 32.1. The molecular weight excluding hydrogens is 412 g/mol. The number of hydrogen-bond donors (Lipinski definition) is 1. The van der Waals surface area contributed by atoms with Crippen LogP contribution in [0.2, 0.25) is 0 Å². The number of aryl methyl sites for hydroxylation is 1. The van der Waals surface area contributed by atoms with Crippen molar-refractivity contribution in [2.75, 3.05) is 17.1 Å². The SMILES string of the molecule is Cc1ccc2c(c1)[C@@H](NC(=O)CN(c1ccc(C(C)C)cc1)S(C)(=O)=O)CC(C)(C)O2. The van der Waals surface area contributed by atoms with E-state index in [9.17, 15) is 13.2 Å². The normalized spacial score (nSPS) is 17.6. The molecule has 168 valence electrons. The van der Waals surface area contributed by atoms with Gasteiger partial charge in [-0.3, -0.25) is 9.10 Å². The molecule has 1 amide bonds. The number of amides is 1. The van der Waals surface area contributed by atoms with Crippen molar-refractivity contribution in [1.82, 2.24) is 5.32 Å². The molecule has 0 aliphatic carbocycles. The fraction of sp³-hybridized carbons (Fsp3) is 0.458. The predicted molar refractivity (Wildman–Crippen MR) is 124 cm³/mol. The van der Waals surface area contributed by atoms with Gasteiger partial charge in [0, 0.05) is 12.0 Å². The summed E-state index contributed by atoms with van der Waals surface area (Å²) in [7, 11) is -3.63. The van der Waals surface area contributed by atoms with E-state index in [2.05, 4.69) is 19.2 Å². The number of carbonyl (C=O) groups excluding carboxylic acids is 1. The molecule has 0 spiro atoms. The van der Waals surface area contributed by atoms with E-state index in [-0.39, 0.29) is 18.5 Å². The van der Waals surface area contributed by atoms with E-state index in [1.807, 2.05) is 51.1 Å². The third-order valence-electron chi connectivity index (χ3n) is 5.49. The molecular formula is C24H32N2O4S. The molecule has 0 bridgehead atoms. The lowest BCUT2D eigenvalue weighted by molar-refractivity contribution is -0.120. The van der Waals surface area contributed by atoms with Crippen molar-refractivity contribution in [3.63, 3.8) is 0 Å². The number of nitrogens with zero attached hydrogens (tertiary/aromatic N) is 1. The highest BCUT2D eigenvalue weighted by Crippen LogP contribution is 2.39. The Labute approximate surface area is 185 Å². The van der Waals surface area contributed by atoms with Gasteiger partial charge in [-0.15, -0.1) is 0 Å². The van der Waals surface area contributed by atoms with Crippen LogP contribution < -0.4 is 14.4 Å². The van der Waals surface area contributed by atoms with Crippen LogP contribution in [0, 0.1) is 6.92 Å². The van der Waals surface area contributed by atoms with Crippen LogP contribution in [0.15, 0.2) is 42.5 Å². The van der Waals surface area contributed by atoms with Gasteiger partial charge in [-0.25, -0.2) is 8.42 Å². The second-order valence-electron chi connectivity index (χ2n) is 9.24. The molecule has 0 fully saturated rings. The molecule has 6 nitrogen and oxygen atoms in total. The average Bonchev–Trinajstić information content (AvgIpc) is 2.65. The number of carbonyl (C=O) groups is 1. The Morgan fingerprint density at radius 2 is 1.84 bits per heavy atom. The van der Waals surface area contributed by atoms with Crippen LogP contribution in [0.4, 0.5) is 5.69 Å². The van der Waals surface area contributed by atoms with Crippen molar-refractivity contribution < 1.29 is 17.9 Å². The fourth-order valence-electron chi connectivity index (χ4n) is 3.90. The lowest BCUT2D eigenvalue weighted by Gasteiger charge is -2.38. The summed E-state index contributed by atoms with van der Waals surface area (Å²) in [6, 6.07) is 13.0. The Morgan fingerprint density at radius 3 is 2.42 bits per heavy atom. The highest BCUT2D eigenvalue weighted by atomic mass is 32.2. The van der Waals surface area contributed by atoms with Gasteiger partial charge in [0.15, 0.2) is 0 Å². The Morgan fingerprint density at radius 1 is 1.19 bits per heavy atom. The highest BCUT2D eigenvalue weighted by Gasteiger charge is 2.35. The number of nitrogens with one attached hydrogen (secondary N) is 1. The topological polar surface area (TPSA) is 75.7 Å². The quantitative estimate of drug-likeness (QED) is 0.721. The van der Waals surface area contributed by atoms with Gasteiger partial charge in [0.2, 0.25) is 15.9 Å². The fourth-order valence-corrected chi connectivity index (χ4v) is 4.76. The molecule has 31 heavy (non-hydrogen) atoms. The molecule has 1 heterocycles. The Kier molecular flexibility index (Phi) is 6.37. The molecule has 1 aliphatic heterocycles. The number of sulfonamides is 1. The third-order valence-corrected chi connectivity index (χ3v) is 6.63. The van der Waals surface area contributed by atoms with Gasteiger partial charge in [0.1, 0.15) is 17.9 Å². The smallest absolute Gasteiger partial charge is 0.241 e. The second-order valence-corrected chi connectivity index (χ2v) is 11.1. The summed E-state index contributed by atoms with van der Waals surface area (Å²) in [5.41, 5.74) is 3.14. The zero-order valence-corrected chi connectivity index (χ0v) is 19.9. The first kappa shape index (κ1) is 23.1. The van der Waals surface area contributed by atoms with Crippen molar-refractivity contribution in [1.29, 1.82) is 0 Å². The molecule has 2 aromatic carbocycles. The van der Waals surface area contributed by atoms with Crippen molar-refractivity contribution in [3.8, 4) is 5.75 Å². The van der Waals surface area contributed by atoms with Gasteiger partial charge in [-0.1, -0.05) is 43.7 Å². The molecule has 0 saturated heterocycles. The summed E-state index contributed by atoms with van der Waals surface area (Å²) in [6.45, 7) is 9.82. The molecule has 0 saturated carbocycles. The van der Waals surface area contributed by atoms with Crippen molar-refractivity contribution >= 4 is 21.6 Å². The maximum atomic E-state index is 13.0. The lowest BCUT2D eigenvalue weighted by Crippen LogP contribution is -2.45. The van der Waals surface area contributed by atoms with Crippen LogP contribution in [-0.4, -0.2) is 32.7 Å². The molecule has 7 heteroatoms. The van der Waals surface area contributed by atoms with Gasteiger partial charge in [-0.2, -0.15) is 0 Å². The van der Waals surface area contributed by atoms with E-state index in [1.165, 1.54) is 0 Å². The predicted octanol–water partition coefficient (Wildman–Crippen LogP) is 4.30. The van der Waals surface area contributed by atoms with E-state index in [1.54, 1.807) is 12.1 Å². The number of ether oxygens (including phenoxy) is 1. The summed E-state index contributed by atoms with van der Waals surface area (Å²) in [6.07, 6.45) is 1.71. The molecule has 0 radical (unpaired) electrons. The summed E-state index contributed by atoms with van der Waals surface area (Å²) >= 11 is 0. The molecule has 3 rings (SSSR count). The van der Waals surface area contributed by atoms with Gasteiger partial charge in [-0.05, 0) is 50.5 Å². The van der Waals surface area contributed by atoms with Crippen LogP contribution in [0.25, 0.3) is 0 Å². The Hall–Kier alpha value is -2.54. The molecule has 1 N–H and O–H groups in total. The number of hydrogen-bond acceptors (Lipinski definition) is 4. The van der Waals surface area contributed by atoms with Crippen LogP contribution in [0.3, 0.4) is 0 Å². The molecule has 0 aromatic heterocycles. The van der Waals surface area contributed by atoms with Gasteiger partial charge in [0.25, 0.3) is 0 Å². The molecule has 0 unspecified atom stereocenters. The first-order valence-corrected chi connectivity index (χ1v) is 12.4. The first-order chi connectivity index (χ1) is 14.4. The van der Waals surface area contributed by atoms with E-state index >= 15 is 0 Å². The monoisotopic (exact) mass is 444 g/mol. The van der Waals surface area contributed by atoms with Gasteiger partial charge < -0.3 is 10.1 Å². The molecule has 1 aliphatic rings. The number of anilines is 1. The Bertz CT molecular complexity index is 1060. The van der Waals surface area contributed by atoms with Crippen molar-refractivity contribution in [2.24, 2.45) is 0 Å². The standard InChI is InChI=1S/C24H32N2O4S/c1-16(2)18-8-10-19(11-9-18)26(31(6,28)29)15-23(27)25-21-14-24(4,5)30-22-12-7-17(3)13-20(21)22/h7-13,16,21H,14-15H2,1-6H3,(H,25,27)/t21-/m0/s1. The minimum Gasteiger partial charge on any atom is -0.487 e. The largest absolute Gasteiger partial charge is 0.487 e. The van der Waals surface area contributed by atoms with Crippen LogP contribution in [0.1, 0.15) is 62.8 Å². The molecule has 1 atom stereocenters. The summed E-state index contributed by atoms with van der Waals surface area (Å²) in [5.74, 6) is 0.731. The Balaban J connectivity index is 1.83. The number of benzene rings is 2. The number of rotatable bonds is 6.